The zero-order valence-electron chi connectivity index (χ0n) is 19.2. The maximum Gasteiger partial charge on any atom is 0.238 e. The van der Waals surface area contributed by atoms with Crippen LogP contribution in [0.3, 0.4) is 0 Å². The lowest BCUT2D eigenvalue weighted by Gasteiger charge is -2.24. The number of carbonyl (C=O) groups is 1. The van der Waals surface area contributed by atoms with Gasteiger partial charge in [-0.15, -0.1) is 16.8 Å². The number of aromatic nitrogens is 2. The second-order valence-electron chi connectivity index (χ2n) is 11.2. The van der Waals surface area contributed by atoms with Crippen LogP contribution in [0.1, 0.15) is 59.4 Å². The Kier molecular flexibility index (Phi) is 5.41. The second kappa shape index (κ2) is 7.63. The van der Waals surface area contributed by atoms with Gasteiger partial charge in [0.2, 0.25) is 5.91 Å². The van der Waals surface area contributed by atoms with Crippen LogP contribution in [0.5, 0.6) is 0 Å². The highest BCUT2D eigenvalue weighted by atomic mass is 16.2. The van der Waals surface area contributed by atoms with Crippen LogP contribution in [-0.4, -0.2) is 53.2 Å². The van der Waals surface area contributed by atoms with Gasteiger partial charge in [-0.2, -0.15) is 0 Å². The molecule has 1 saturated carbocycles. The smallest absolute Gasteiger partial charge is 0.238 e. The summed E-state index contributed by atoms with van der Waals surface area (Å²) < 4.78 is 0. The molecule has 3 atom stereocenters. The molecule has 1 aromatic heterocycles. The first-order valence-corrected chi connectivity index (χ1v) is 11.4. The van der Waals surface area contributed by atoms with Gasteiger partial charge in [-0.3, -0.25) is 9.69 Å². The van der Waals surface area contributed by atoms with Crippen molar-refractivity contribution in [3.8, 4) is 0 Å². The monoisotopic (exact) mass is 411 g/mol. The third kappa shape index (κ3) is 3.98. The molecule has 1 amide bonds. The van der Waals surface area contributed by atoms with Gasteiger partial charge in [0, 0.05) is 31.2 Å². The van der Waals surface area contributed by atoms with Crippen molar-refractivity contribution in [3.05, 3.63) is 24.3 Å². The molecule has 2 fully saturated rings. The van der Waals surface area contributed by atoms with Gasteiger partial charge in [-0.1, -0.05) is 26.8 Å². The third-order valence-corrected chi connectivity index (χ3v) is 7.15. The van der Waals surface area contributed by atoms with Gasteiger partial charge in [-0.05, 0) is 63.0 Å². The Morgan fingerprint density at radius 1 is 1.23 bits per heavy atom. The Morgan fingerprint density at radius 3 is 2.50 bits per heavy atom. The molecule has 0 spiro atoms. The predicted molar refractivity (Wildman–Crippen MR) is 122 cm³/mol. The molecule has 30 heavy (non-hydrogen) atoms. The summed E-state index contributed by atoms with van der Waals surface area (Å²) in [4.78, 5) is 17.1. The minimum Gasteiger partial charge on any atom is -0.366 e. The van der Waals surface area contributed by atoms with Gasteiger partial charge in [0.15, 0.2) is 5.82 Å². The summed E-state index contributed by atoms with van der Waals surface area (Å²) in [6.07, 6.45) is 5.38. The van der Waals surface area contributed by atoms with E-state index in [1.807, 2.05) is 19.9 Å². The van der Waals surface area contributed by atoms with Crippen LogP contribution in [0.15, 0.2) is 18.7 Å². The van der Waals surface area contributed by atoms with Gasteiger partial charge in [0.05, 0.1) is 5.41 Å². The van der Waals surface area contributed by atoms with Crippen LogP contribution in [0, 0.1) is 17.3 Å². The standard InChI is InChI=1S/C24H37N5O/c1-7-9-29-21-19(24(5,6)22(29)30)13-20(26-27-21)25-18-11-16-14-28(15-17(16)12-18)10-8-23(2,3)4/h7,13,16-18H,1,8-12,14-15H2,2-6H3,(H,25,26)/t16-,17?,18?/m1/s1. The molecule has 1 saturated heterocycles. The number of amides is 1. The second-order valence-corrected chi connectivity index (χ2v) is 11.2. The van der Waals surface area contributed by atoms with Crippen molar-refractivity contribution in [1.29, 1.82) is 0 Å². The Morgan fingerprint density at radius 2 is 1.90 bits per heavy atom. The van der Waals surface area contributed by atoms with E-state index in [0.717, 1.165) is 23.2 Å². The SMILES string of the molecule is C=CCN1C(=O)C(C)(C)c2cc(NC3CC4CN(CCC(C)(C)C)C[C@H]4C3)nnc21. The number of hydrogen-bond acceptors (Lipinski definition) is 5. The van der Waals surface area contributed by atoms with Gasteiger partial charge < -0.3 is 10.2 Å². The Bertz CT molecular complexity index is 813. The lowest BCUT2D eigenvalue weighted by Crippen LogP contribution is -2.36. The number of hydrogen-bond donors (Lipinski definition) is 1. The summed E-state index contributed by atoms with van der Waals surface area (Å²) >= 11 is 0. The van der Waals surface area contributed by atoms with E-state index in [4.69, 9.17) is 0 Å². The highest BCUT2D eigenvalue weighted by molar-refractivity contribution is 6.06. The fraction of sp³-hybridized carbons (Fsp3) is 0.708. The molecule has 1 aliphatic carbocycles. The van der Waals surface area contributed by atoms with E-state index in [-0.39, 0.29) is 5.91 Å². The Labute approximate surface area is 181 Å². The normalized spacial score (nSPS) is 28.0. The topological polar surface area (TPSA) is 61.4 Å². The van der Waals surface area contributed by atoms with Crippen molar-refractivity contribution >= 4 is 17.5 Å². The molecule has 0 bridgehead atoms. The van der Waals surface area contributed by atoms with Crippen LogP contribution in [0.4, 0.5) is 11.6 Å². The van der Waals surface area contributed by atoms with Gasteiger partial charge in [-0.25, -0.2) is 0 Å². The predicted octanol–water partition coefficient (Wildman–Crippen LogP) is 3.85. The van der Waals surface area contributed by atoms with E-state index < -0.39 is 5.41 Å². The molecule has 3 heterocycles. The molecule has 1 aromatic rings. The summed E-state index contributed by atoms with van der Waals surface area (Å²) in [5.74, 6) is 3.10. The van der Waals surface area contributed by atoms with Crippen LogP contribution < -0.4 is 10.2 Å². The molecule has 2 unspecified atom stereocenters. The maximum atomic E-state index is 12.8. The first-order valence-electron chi connectivity index (χ1n) is 11.4. The number of anilines is 2. The molecule has 1 N–H and O–H groups in total. The highest BCUT2D eigenvalue weighted by Crippen LogP contribution is 2.42. The lowest BCUT2D eigenvalue weighted by atomic mass is 9.87. The molecular formula is C24H37N5O. The number of rotatable bonds is 6. The number of carbonyl (C=O) groups excluding carboxylic acids is 1. The van der Waals surface area contributed by atoms with Crippen molar-refractivity contribution < 1.29 is 4.79 Å². The quantitative estimate of drug-likeness (QED) is 0.721. The van der Waals surface area contributed by atoms with Gasteiger partial charge in [0.1, 0.15) is 5.82 Å². The fourth-order valence-electron chi connectivity index (χ4n) is 5.36. The Balaban J connectivity index is 1.38. The van der Waals surface area contributed by atoms with Gasteiger partial charge in [0.25, 0.3) is 0 Å². The van der Waals surface area contributed by atoms with E-state index in [9.17, 15) is 4.79 Å². The van der Waals surface area contributed by atoms with Crippen molar-refractivity contribution in [3.63, 3.8) is 0 Å². The first kappa shape index (κ1) is 21.3. The molecule has 0 radical (unpaired) electrons. The van der Waals surface area contributed by atoms with E-state index in [0.29, 0.717) is 23.8 Å². The van der Waals surface area contributed by atoms with Crippen molar-refractivity contribution in [1.82, 2.24) is 15.1 Å². The Hall–Kier alpha value is -1.95. The lowest BCUT2D eigenvalue weighted by molar-refractivity contribution is -0.122. The number of nitrogens with one attached hydrogen (secondary N) is 1. The summed E-state index contributed by atoms with van der Waals surface area (Å²) in [5, 5.41) is 12.5. The minimum atomic E-state index is -0.579. The summed E-state index contributed by atoms with van der Waals surface area (Å²) in [7, 11) is 0. The van der Waals surface area contributed by atoms with E-state index in [1.165, 1.54) is 38.9 Å². The van der Waals surface area contributed by atoms with Crippen molar-refractivity contribution in [2.24, 2.45) is 17.3 Å². The molecule has 6 heteroatoms. The third-order valence-electron chi connectivity index (χ3n) is 7.15. The fourth-order valence-corrected chi connectivity index (χ4v) is 5.36. The van der Waals surface area contributed by atoms with Crippen LogP contribution in [-0.2, 0) is 10.2 Å². The average molecular weight is 412 g/mol. The van der Waals surface area contributed by atoms with Crippen LogP contribution in [0.25, 0.3) is 0 Å². The van der Waals surface area contributed by atoms with Crippen LogP contribution >= 0.6 is 0 Å². The molecule has 2 aliphatic heterocycles. The summed E-state index contributed by atoms with van der Waals surface area (Å²) in [6, 6.07) is 2.48. The zero-order chi connectivity index (χ0) is 21.7. The summed E-state index contributed by atoms with van der Waals surface area (Å²) in [6.45, 7) is 18.8. The molecule has 164 valence electrons. The van der Waals surface area contributed by atoms with Crippen molar-refractivity contribution in [2.75, 3.05) is 36.4 Å². The van der Waals surface area contributed by atoms with E-state index in [2.05, 4.69) is 47.8 Å². The largest absolute Gasteiger partial charge is 0.366 e. The van der Waals surface area contributed by atoms with Gasteiger partial charge >= 0.3 is 0 Å². The molecular weight excluding hydrogens is 374 g/mol. The minimum absolute atomic E-state index is 0.0644. The van der Waals surface area contributed by atoms with E-state index in [1.54, 1.807) is 11.0 Å². The number of nitrogens with zero attached hydrogens (tertiary/aromatic N) is 4. The zero-order valence-corrected chi connectivity index (χ0v) is 19.2. The van der Waals surface area contributed by atoms with Crippen LogP contribution in [0.2, 0.25) is 0 Å². The van der Waals surface area contributed by atoms with Crippen molar-refractivity contribution in [2.45, 2.75) is 65.3 Å². The molecule has 0 aromatic carbocycles. The molecule has 3 aliphatic rings. The number of fused-ring (bicyclic) bond motifs is 2. The number of likely N-dealkylation sites (tertiary alicyclic amines) is 1. The first-order chi connectivity index (χ1) is 14.1. The molecule has 4 rings (SSSR count). The molecule has 6 nitrogen and oxygen atoms in total. The average Bonchev–Trinajstić information content (AvgIpc) is 3.26. The highest BCUT2D eigenvalue weighted by Gasteiger charge is 2.45. The van der Waals surface area contributed by atoms with E-state index >= 15 is 0 Å². The summed E-state index contributed by atoms with van der Waals surface area (Å²) in [5.41, 5.74) is 0.785. The maximum absolute atomic E-state index is 12.8.